The first-order valence-corrected chi connectivity index (χ1v) is 7.96. The summed E-state index contributed by atoms with van der Waals surface area (Å²) >= 11 is 0. The topological polar surface area (TPSA) is 118 Å². The van der Waals surface area contributed by atoms with E-state index in [1.807, 2.05) is 6.07 Å². The van der Waals surface area contributed by atoms with Crippen LogP contribution in [0.15, 0.2) is 54.2 Å². The number of fused-ring (bicyclic) bond motifs is 1. The average Bonchev–Trinajstić information content (AvgIpc) is 3.11. The Morgan fingerprint density at radius 2 is 1.89 bits per heavy atom. The number of ether oxygens (including phenoxy) is 2. The molecule has 0 saturated carbocycles. The molecule has 2 aromatic carbocycles. The van der Waals surface area contributed by atoms with Crippen molar-refractivity contribution in [1.82, 2.24) is 0 Å². The van der Waals surface area contributed by atoms with Gasteiger partial charge in [0.2, 0.25) is 12.7 Å². The summed E-state index contributed by atoms with van der Waals surface area (Å²) in [5.74, 6) is -0.0882. The zero-order valence-corrected chi connectivity index (χ0v) is 14.4. The van der Waals surface area contributed by atoms with Crippen LogP contribution < -0.4 is 25.4 Å². The average molecular weight is 364 g/mol. The first-order valence-electron chi connectivity index (χ1n) is 7.96. The fourth-order valence-electron chi connectivity index (χ4n) is 2.47. The van der Waals surface area contributed by atoms with Gasteiger partial charge >= 0.3 is 0 Å². The van der Waals surface area contributed by atoms with Crippen molar-refractivity contribution in [3.05, 3.63) is 54.2 Å². The molecule has 2 aromatic rings. The quantitative estimate of drug-likeness (QED) is 0.486. The number of hydrogen-bond acceptors (Lipinski definition) is 7. The van der Waals surface area contributed by atoms with E-state index in [0.717, 1.165) is 4.90 Å². The lowest BCUT2D eigenvalue weighted by molar-refractivity contribution is -0.123. The molecule has 8 nitrogen and oxygen atoms in total. The number of nitrogens with zero attached hydrogens (tertiary/aromatic N) is 2. The van der Waals surface area contributed by atoms with E-state index in [-0.39, 0.29) is 12.4 Å². The van der Waals surface area contributed by atoms with Crippen LogP contribution in [0.1, 0.15) is 6.92 Å². The van der Waals surface area contributed by atoms with Gasteiger partial charge in [-0.1, -0.05) is 0 Å². The van der Waals surface area contributed by atoms with Crippen molar-refractivity contribution in [2.45, 2.75) is 6.92 Å². The van der Waals surface area contributed by atoms with Gasteiger partial charge in [0, 0.05) is 30.6 Å². The highest BCUT2D eigenvalue weighted by atomic mass is 16.7. The van der Waals surface area contributed by atoms with Crippen LogP contribution in [0.25, 0.3) is 0 Å². The van der Waals surface area contributed by atoms with Crippen LogP contribution in [0.4, 0.5) is 17.1 Å². The Labute approximate surface area is 155 Å². The number of amides is 2. The maximum Gasteiger partial charge on any atom is 0.277 e. The molecule has 2 amide bonds. The van der Waals surface area contributed by atoms with E-state index in [4.69, 9.17) is 15.2 Å². The second-order valence-corrected chi connectivity index (χ2v) is 5.63. The molecule has 136 valence electrons. The number of hydrogen-bond donors (Lipinski definition) is 2. The zero-order valence-electron chi connectivity index (χ0n) is 14.4. The molecule has 0 bridgehead atoms. The van der Waals surface area contributed by atoms with Gasteiger partial charge < -0.3 is 20.5 Å². The third kappa shape index (κ3) is 3.82. The summed E-state index contributed by atoms with van der Waals surface area (Å²) in [6.45, 7) is 1.39. The number of carbonyl (C=O) groups is 2. The van der Waals surface area contributed by atoms with Gasteiger partial charge in [-0.15, -0.1) is 0 Å². The van der Waals surface area contributed by atoms with Crippen LogP contribution in [0.5, 0.6) is 11.5 Å². The van der Waals surface area contributed by atoms with Gasteiger partial charge in [-0.25, -0.2) is 4.90 Å². The number of rotatable bonds is 4. The fourth-order valence-corrected chi connectivity index (χ4v) is 2.47. The predicted octanol–water partition coefficient (Wildman–Crippen LogP) is 2.40. The van der Waals surface area contributed by atoms with Crippen LogP contribution in [-0.2, 0) is 9.59 Å². The van der Waals surface area contributed by atoms with Crippen molar-refractivity contribution < 1.29 is 19.1 Å². The Morgan fingerprint density at radius 3 is 2.56 bits per heavy atom. The molecular formula is C19H16N4O4. The van der Waals surface area contributed by atoms with E-state index in [9.17, 15) is 14.9 Å². The van der Waals surface area contributed by atoms with Gasteiger partial charge in [0.1, 0.15) is 11.6 Å². The normalized spacial score (nSPS) is 12.2. The standard InChI is InChI=1S/C19H16N4O4/c1-12(24)23(16-5-2-14(21)3-6-16)19(25)13(9-20)10-22-15-4-7-17-18(8-15)27-11-26-17/h2-8,10,22H,11,21H2,1H3/b13-10-. The van der Waals surface area contributed by atoms with Crippen molar-refractivity contribution in [3.8, 4) is 17.6 Å². The zero-order chi connectivity index (χ0) is 19.4. The molecule has 0 spiro atoms. The monoisotopic (exact) mass is 364 g/mol. The number of nitrogens with one attached hydrogen (secondary N) is 1. The van der Waals surface area contributed by atoms with Crippen LogP contribution >= 0.6 is 0 Å². The van der Waals surface area contributed by atoms with Gasteiger partial charge in [0.05, 0.1) is 5.69 Å². The van der Waals surface area contributed by atoms with Crippen LogP contribution in [-0.4, -0.2) is 18.6 Å². The van der Waals surface area contributed by atoms with Crippen LogP contribution in [0, 0.1) is 11.3 Å². The summed E-state index contributed by atoms with van der Waals surface area (Å²) in [5.41, 5.74) is 6.82. The molecular weight excluding hydrogens is 348 g/mol. The van der Waals surface area contributed by atoms with Gasteiger partial charge in [0.25, 0.3) is 5.91 Å². The summed E-state index contributed by atoms with van der Waals surface area (Å²) in [4.78, 5) is 25.6. The SMILES string of the molecule is CC(=O)N(C(=O)/C(C#N)=C\Nc1ccc2c(c1)OCO2)c1ccc(N)cc1. The van der Waals surface area contributed by atoms with E-state index in [0.29, 0.717) is 28.6 Å². The predicted molar refractivity (Wildman–Crippen MR) is 98.9 cm³/mol. The molecule has 1 aliphatic heterocycles. The molecule has 3 rings (SSSR count). The highest BCUT2D eigenvalue weighted by Crippen LogP contribution is 2.34. The summed E-state index contributed by atoms with van der Waals surface area (Å²) in [6, 6.07) is 13.1. The number of nitrogens with two attached hydrogens (primary N) is 1. The van der Waals surface area contributed by atoms with Gasteiger partial charge in [-0.05, 0) is 36.4 Å². The van der Waals surface area contributed by atoms with E-state index in [1.165, 1.54) is 25.3 Å². The highest BCUT2D eigenvalue weighted by molar-refractivity contribution is 6.21. The van der Waals surface area contributed by atoms with Crippen molar-refractivity contribution >= 4 is 28.9 Å². The third-order valence-corrected chi connectivity index (χ3v) is 3.78. The Balaban J connectivity index is 1.83. The Bertz CT molecular complexity index is 961. The fraction of sp³-hybridized carbons (Fsp3) is 0.105. The lowest BCUT2D eigenvalue weighted by Crippen LogP contribution is -2.36. The number of imide groups is 1. The minimum Gasteiger partial charge on any atom is -0.454 e. The molecule has 1 aliphatic rings. The first-order chi connectivity index (χ1) is 13.0. The third-order valence-electron chi connectivity index (χ3n) is 3.78. The number of anilines is 3. The van der Waals surface area contributed by atoms with Crippen molar-refractivity contribution in [2.75, 3.05) is 22.7 Å². The number of carbonyl (C=O) groups excluding carboxylic acids is 2. The Hall–Kier alpha value is -3.99. The molecule has 1 heterocycles. The molecule has 0 aromatic heterocycles. The molecule has 0 fully saturated rings. The lowest BCUT2D eigenvalue weighted by Gasteiger charge is -2.19. The van der Waals surface area contributed by atoms with Crippen LogP contribution in [0.2, 0.25) is 0 Å². The summed E-state index contributed by atoms with van der Waals surface area (Å²) in [5, 5.41) is 12.2. The second kappa shape index (κ2) is 7.49. The molecule has 0 radical (unpaired) electrons. The molecule has 8 heteroatoms. The number of nitrogen functional groups attached to an aromatic ring is 1. The molecule has 0 saturated heterocycles. The maximum absolute atomic E-state index is 12.7. The highest BCUT2D eigenvalue weighted by Gasteiger charge is 2.24. The van der Waals surface area contributed by atoms with Crippen molar-refractivity contribution in [2.24, 2.45) is 0 Å². The largest absolute Gasteiger partial charge is 0.454 e. The number of benzene rings is 2. The van der Waals surface area contributed by atoms with E-state index in [2.05, 4.69) is 5.32 Å². The van der Waals surface area contributed by atoms with Crippen LogP contribution in [0.3, 0.4) is 0 Å². The Morgan fingerprint density at radius 1 is 1.19 bits per heavy atom. The molecule has 0 atom stereocenters. The van der Waals surface area contributed by atoms with Crippen molar-refractivity contribution in [1.29, 1.82) is 5.26 Å². The van der Waals surface area contributed by atoms with Crippen molar-refractivity contribution in [3.63, 3.8) is 0 Å². The summed E-state index contributed by atoms with van der Waals surface area (Å²) in [6.07, 6.45) is 1.24. The lowest BCUT2D eigenvalue weighted by atomic mass is 10.2. The summed E-state index contributed by atoms with van der Waals surface area (Å²) in [7, 11) is 0. The molecule has 0 aliphatic carbocycles. The maximum atomic E-state index is 12.7. The minimum atomic E-state index is -0.747. The molecule has 0 unspecified atom stereocenters. The Kier molecular flexibility index (Phi) is 4.95. The minimum absolute atomic E-state index is 0.145. The number of nitriles is 1. The van der Waals surface area contributed by atoms with E-state index < -0.39 is 11.8 Å². The molecule has 27 heavy (non-hydrogen) atoms. The first kappa shape index (κ1) is 17.8. The summed E-state index contributed by atoms with van der Waals surface area (Å²) < 4.78 is 10.5. The van der Waals surface area contributed by atoms with Gasteiger partial charge in [-0.2, -0.15) is 5.26 Å². The van der Waals surface area contributed by atoms with Gasteiger partial charge in [0.15, 0.2) is 11.5 Å². The smallest absolute Gasteiger partial charge is 0.277 e. The second-order valence-electron chi connectivity index (χ2n) is 5.63. The molecule has 3 N–H and O–H groups in total. The van der Waals surface area contributed by atoms with Gasteiger partial charge in [-0.3, -0.25) is 9.59 Å². The van der Waals surface area contributed by atoms with E-state index >= 15 is 0 Å². The van der Waals surface area contributed by atoms with E-state index in [1.54, 1.807) is 30.3 Å².